The van der Waals surface area contributed by atoms with Gasteiger partial charge in [0.25, 0.3) is 0 Å². The van der Waals surface area contributed by atoms with Gasteiger partial charge in [0, 0.05) is 36.9 Å². The number of hydrogen-bond donors (Lipinski definition) is 0. The van der Waals surface area contributed by atoms with Crippen LogP contribution in [0.25, 0.3) is 16.9 Å². The number of ether oxygens (including phenoxy) is 1. The molecule has 0 aliphatic rings. The molecular formula is C24H20N6O. The summed E-state index contributed by atoms with van der Waals surface area (Å²) in [4.78, 5) is 19.8. The monoisotopic (exact) mass is 408 g/mol. The Morgan fingerprint density at radius 1 is 0.839 bits per heavy atom. The maximum Gasteiger partial charge on any atom is 0.213 e. The normalized spacial score (nSPS) is 10.9. The Balaban J connectivity index is 1.45. The lowest BCUT2D eigenvalue weighted by Crippen LogP contribution is -2.17. The Morgan fingerprint density at radius 3 is 2.45 bits per heavy atom. The van der Waals surface area contributed by atoms with Crippen molar-refractivity contribution in [1.29, 1.82) is 0 Å². The van der Waals surface area contributed by atoms with E-state index in [9.17, 15) is 0 Å². The number of nitrogens with zero attached hydrogens (tertiary/aromatic N) is 6. The molecule has 0 amide bonds. The fraction of sp³-hybridized carbons (Fsp3) is 0.0833. The molecule has 0 N–H and O–H groups in total. The molecule has 31 heavy (non-hydrogen) atoms. The fourth-order valence-corrected chi connectivity index (χ4v) is 3.49. The number of pyridine rings is 3. The van der Waals surface area contributed by atoms with Gasteiger partial charge in [-0.1, -0.05) is 18.2 Å². The third-order valence-corrected chi connectivity index (χ3v) is 5.07. The molecule has 1 aromatic carbocycles. The van der Waals surface area contributed by atoms with Gasteiger partial charge in [-0.3, -0.25) is 9.55 Å². The van der Waals surface area contributed by atoms with Crippen LogP contribution >= 0.6 is 0 Å². The molecule has 0 saturated heterocycles. The average molecular weight is 408 g/mol. The SMILES string of the molecule is COc1ccc(N(Cc2ccc(-n3cnc4ccccc43)nc2)c2ccncc2)cn1. The molecule has 5 aromatic rings. The van der Waals surface area contributed by atoms with Crippen molar-refractivity contribution in [2.45, 2.75) is 6.54 Å². The predicted octanol–water partition coefficient (Wildman–Crippen LogP) is 4.56. The Hall–Kier alpha value is -4.26. The van der Waals surface area contributed by atoms with Gasteiger partial charge in [0.15, 0.2) is 0 Å². The Labute approximate surface area is 179 Å². The van der Waals surface area contributed by atoms with Gasteiger partial charge in [-0.15, -0.1) is 0 Å². The summed E-state index contributed by atoms with van der Waals surface area (Å²) >= 11 is 0. The molecule has 5 rings (SSSR count). The van der Waals surface area contributed by atoms with Gasteiger partial charge in [-0.05, 0) is 42.0 Å². The first-order chi connectivity index (χ1) is 15.3. The molecule has 0 radical (unpaired) electrons. The maximum absolute atomic E-state index is 5.19. The highest BCUT2D eigenvalue weighted by Crippen LogP contribution is 2.27. The van der Waals surface area contributed by atoms with E-state index < -0.39 is 0 Å². The van der Waals surface area contributed by atoms with Crippen LogP contribution < -0.4 is 9.64 Å². The summed E-state index contributed by atoms with van der Waals surface area (Å²) in [6.07, 6.45) is 9.07. The number of aromatic nitrogens is 5. The van der Waals surface area contributed by atoms with Crippen molar-refractivity contribution in [2.75, 3.05) is 12.0 Å². The van der Waals surface area contributed by atoms with Crippen LogP contribution in [0.3, 0.4) is 0 Å². The number of hydrogen-bond acceptors (Lipinski definition) is 6. The number of imidazole rings is 1. The summed E-state index contributed by atoms with van der Waals surface area (Å²) in [6, 6.07) is 19.9. The van der Waals surface area contributed by atoms with Crippen LogP contribution in [-0.4, -0.2) is 31.6 Å². The Morgan fingerprint density at radius 2 is 1.71 bits per heavy atom. The molecule has 7 heteroatoms. The number of para-hydroxylation sites is 2. The first-order valence-electron chi connectivity index (χ1n) is 9.87. The third kappa shape index (κ3) is 3.81. The molecule has 0 saturated carbocycles. The van der Waals surface area contributed by atoms with E-state index in [4.69, 9.17) is 4.74 Å². The number of benzene rings is 1. The lowest BCUT2D eigenvalue weighted by molar-refractivity contribution is 0.398. The van der Waals surface area contributed by atoms with E-state index in [1.54, 1.807) is 32.0 Å². The van der Waals surface area contributed by atoms with Crippen LogP contribution in [-0.2, 0) is 6.54 Å². The largest absolute Gasteiger partial charge is 0.481 e. The molecular weight excluding hydrogens is 388 g/mol. The van der Waals surface area contributed by atoms with Crippen molar-refractivity contribution in [3.63, 3.8) is 0 Å². The molecule has 7 nitrogen and oxygen atoms in total. The second kappa shape index (κ2) is 8.23. The summed E-state index contributed by atoms with van der Waals surface area (Å²) in [5, 5.41) is 0. The minimum absolute atomic E-state index is 0.581. The first kappa shape index (κ1) is 18.7. The number of methoxy groups -OCH3 is 1. The fourth-order valence-electron chi connectivity index (χ4n) is 3.49. The van der Waals surface area contributed by atoms with Gasteiger partial charge in [0.2, 0.25) is 5.88 Å². The molecule has 0 atom stereocenters. The summed E-state index contributed by atoms with van der Waals surface area (Å²) in [5.74, 6) is 1.41. The van der Waals surface area contributed by atoms with Crippen molar-refractivity contribution in [2.24, 2.45) is 0 Å². The van der Waals surface area contributed by atoms with Crippen molar-refractivity contribution in [3.05, 3.63) is 97.3 Å². The molecule has 0 fully saturated rings. The van der Waals surface area contributed by atoms with Crippen molar-refractivity contribution in [3.8, 4) is 11.7 Å². The van der Waals surface area contributed by atoms with Crippen molar-refractivity contribution >= 4 is 22.4 Å². The van der Waals surface area contributed by atoms with Crippen LogP contribution in [0.5, 0.6) is 5.88 Å². The van der Waals surface area contributed by atoms with Crippen LogP contribution in [0.1, 0.15) is 5.56 Å². The lowest BCUT2D eigenvalue weighted by Gasteiger charge is -2.24. The van der Waals surface area contributed by atoms with Crippen molar-refractivity contribution in [1.82, 2.24) is 24.5 Å². The zero-order valence-corrected chi connectivity index (χ0v) is 17.0. The van der Waals surface area contributed by atoms with Crippen LogP contribution in [0.4, 0.5) is 11.4 Å². The first-order valence-corrected chi connectivity index (χ1v) is 9.87. The second-order valence-corrected chi connectivity index (χ2v) is 6.98. The van der Waals surface area contributed by atoms with E-state index in [0.717, 1.165) is 33.8 Å². The molecule has 0 spiro atoms. The van der Waals surface area contributed by atoms with Gasteiger partial charge >= 0.3 is 0 Å². The molecule has 0 aliphatic heterocycles. The van der Waals surface area contributed by atoms with Gasteiger partial charge < -0.3 is 9.64 Å². The van der Waals surface area contributed by atoms with E-state index in [1.165, 1.54) is 0 Å². The standard InChI is InChI=1S/C24H20N6O/c1-31-24-9-7-20(15-27-24)29(19-10-12-25-13-11-19)16-18-6-8-23(26-14-18)30-17-28-21-4-2-3-5-22(21)30/h2-15,17H,16H2,1H3. The minimum atomic E-state index is 0.581. The number of anilines is 2. The highest BCUT2D eigenvalue weighted by Gasteiger charge is 2.12. The van der Waals surface area contributed by atoms with E-state index in [0.29, 0.717) is 12.4 Å². The summed E-state index contributed by atoms with van der Waals surface area (Å²) in [6.45, 7) is 0.635. The Bertz CT molecular complexity index is 1280. The highest BCUT2D eigenvalue weighted by molar-refractivity contribution is 5.76. The van der Waals surface area contributed by atoms with Gasteiger partial charge in [-0.2, -0.15) is 0 Å². The minimum Gasteiger partial charge on any atom is -0.481 e. The summed E-state index contributed by atoms with van der Waals surface area (Å²) in [7, 11) is 1.61. The molecule has 4 heterocycles. The van der Waals surface area contributed by atoms with Crippen molar-refractivity contribution < 1.29 is 4.74 Å². The van der Waals surface area contributed by atoms with Crippen LogP contribution in [0.15, 0.2) is 91.8 Å². The van der Waals surface area contributed by atoms with Crippen LogP contribution in [0.2, 0.25) is 0 Å². The lowest BCUT2D eigenvalue weighted by atomic mass is 10.2. The highest BCUT2D eigenvalue weighted by atomic mass is 16.5. The predicted molar refractivity (Wildman–Crippen MR) is 120 cm³/mol. The van der Waals surface area contributed by atoms with Gasteiger partial charge in [0.05, 0.1) is 30.0 Å². The Kier molecular flexibility index (Phi) is 4.98. The van der Waals surface area contributed by atoms with E-state index >= 15 is 0 Å². The molecule has 0 bridgehead atoms. The van der Waals surface area contributed by atoms with Gasteiger partial charge in [-0.25, -0.2) is 15.0 Å². The number of fused-ring (bicyclic) bond motifs is 1. The summed E-state index contributed by atoms with van der Waals surface area (Å²) in [5.41, 5.74) is 5.03. The van der Waals surface area contributed by atoms with E-state index in [2.05, 4.69) is 30.9 Å². The second-order valence-electron chi connectivity index (χ2n) is 6.98. The van der Waals surface area contributed by atoms with Crippen LogP contribution in [0, 0.1) is 0 Å². The quantitative estimate of drug-likeness (QED) is 0.410. The number of rotatable bonds is 6. The van der Waals surface area contributed by atoms with E-state index in [-0.39, 0.29) is 0 Å². The molecule has 152 valence electrons. The average Bonchev–Trinajstić information content (AvgIpc) is 3.28. The van der Waals surface area contributed by atoms with E-state index in [1.807, 2.05) is 65.4 Å². The third-order valence-electron chi connectivity index (χ3n) is 5.07. The topological polar surface area (TPSA) is 69.0 Å². The molecule has 0 unspecified atom stereocenters. The zero-order valence-electron chi connectivity index (χ0n) is 17.0. The summed E-state index contributed by atoms with van der Waals surface area (Å²) < 4.78 is 7.19. The maximum atomic E-state index is 5.19. The smallest absolute Gasteiger partial charge is 0.213 e. The molecule has 4 aromatic heterocycles. The zero-order chi connectivity index (χ0) is 21.0. The van der Waals surface area contributed by atoms with Gasteiger partial charge in [0.1, 0.15) is 12.1 Å². The molecule has 0 aliphatic carbocycles.